The van der Waals surface area contributed by atoms with Crippen molar-refractivity contribution in [3.8, 4) is 0 Å². The van der Waals surface area contributed by atoms with E-state index in [1.807, 2.05) is 0 Å². The standard InChI is InChI=1S/C12H15NO4S/c1-2-11(14)4-3-9-18(17)12-7-5-10(6-8-12)13(15)16/h5-8H,2-4,9H2,1H3. The lowest BCUT2D eigenvalue weighted by Crippen LogP contribution is -2.02. The van der Waals surface area contributed by atoms with Crippen LogP contribution < -0.4 is 0 Å². The van der Waals surface area contributed by atoms with Gasteiger partial charge in [-0.2, -0.15) is 0 Å². The summed E-state index contributed by atoms with van der Waals surface area (Å²) in [7, 11) is -1.20. The minimum Gasteiger partial charge on any atom is -0.300 e. The van der Waals surface area contributed by atoms with Gasteiger partial charge in [0, 0.05) is 35.6 Å². The summed E-state index contributed by atoms with van der Waals surface area (Å²) < 4.78 is 11.8. The Morgan fingerprint density at radius 2 is 1.94 bits per heavy atom. The van der Waals surface area contributed by atoms with E-state index >= 15 is 0 Å². The molecular weight excluding hydrogens is 254 g/mol. The molecule has 0 aliphatic heterocycles. The van der Waals surface area contributed by atoms with E-state index in [0.717, 1.165) is 0 Å². The number of rotatable bonds is 7. The number of nitro benzene ring substituents is 1. The average molecular weight is 269 g/mol. The molecule has 0 aliphatic rings. The highest BCUT2D eigenvalue weighted by atomic mass is 32.2. The van der Waals surface area contributed by atoms with Crippen molar-refractivity contribution >= 4 is 22.3 Å². The van der Waals surface area contributed by atoms with Gasteiger partial charge >= 0.3 is 0 Å². The molecule has 5 nitrogen and oxygen atoms in total. The van der Waals surface area contributed by atoms with Crippen molar-refractivity contribution in [1.82, 2.24) is 0 Å². The SMILES string of the molecule is CCC(=O)CCCS(=O)c1ccc([N+](=O)[O-])cc1. The molecule has 1 aromatic rings. The summed E-state index contributed by atoms with van der Waals surface area (Å²) in [6, 6.07) is 5.67. The normalized spacial score (nSPS) is 12.1. The van der Waals surface area contributed by atoms with Crippen LogP contribution in [0.3, 0.4) is 0 Å². The highest BCUT2D eigenvalue weighted by molar-refractivity contribution is 7.85. The molecule has 1 atom stereocenters. The van der Waals surface area contributed by atoms with E-state index in [1.165, 1.54) is 24.3 Å². The third kappa shape index (κ3) is 4.37. The van der Waals surface area contributed by atoms with Crippen LogP contribution >= 0.6 is 0 Å². The molecule has 0 spiro atoms. The van der Waals surface area contributed by atoms with Gasteiger partial charge in [-0.05, 0) is 18.6 Å². The molecule has 98 valence electrons. The first-order valence-electron chi connectivity index (χ1n) is 5.69. The van der Waals surface area contributed by atoms with E-state index in [1.54, 1.807) is 6.92 Å². The Hall–Kier alpha value is -1.56. The van der Waals surface area contributed by atoms with Gasteiger partial charge in [-0.1, -0.05) is 6.92 Å². The van der Waals surface area contributed by atoms with Gasteiger partial charge in [-0.3, -0.25) is 19.1 Å². The monoisotopic (exact) mass is 269 g/mol. The molecule has 6 heteroatoms. The van der Waals surface area contributed by atoms with Gasteiger partial charge < -0.3 is 0 Å². The number of hydrogen-bond donors (Lipinski definition) is 0. The van der Waals surface area contributed by atoms with Crippen LogP contribution in [0.2, 0.25) is 0 Å². The molecule has 0 saturated carbocycles. The van der Waals surface area contributed by atoms with Gasteiger partial charge in [0.25, 0.3) is 5.69 Å². The number of benzene rings is 1. The number of Topliss-reactive ketones (excluding diaryl/α,β-unsaturated/α-hetero) is 1. The van der Waals surface area contributed by atoms with Gasteiger partial charge in [0.2, 0.25) is 0 Å². The molecule has 1 unspecified atom stereocenters. The first kappa shape index (κ1) is 14.5. The largest absolute Gasteiger partial charge is 0.300 e. The summed E-state index contributed by atoms with van der Waals surface area (Å²) >= 11 is 0. The smallest absolute Gasteiger partial charge is 0.269 e. The molecule has 0 N–H and O–H groups in total. The minimum atomic E-state index is -1.20. The molecule has 0 fully saturated rings. The Kier molecular flexibility index (Phi) is 5.64. The second-order valence-electron chi connectivity index (χ2n) is 3.80. The number of ketones is 1. The molecule has 1 aromatic carbocycles. The zero-order chi connectivity index (χ0) is 13.5. The molecule has 0 saturated heterocycles. The predicted octanol–water partition coefficient (Wildman–Crippen LogP) is 2.46. The van der Waals surface area contributed by atoms with Crippen LogP contribution in [0.15, 0.2) is 29.2 Å². The maximum atomic E-state index is 11.8. The first-order valence-corrected chi connectivity index (χ1v) is 7.01. The number of non-ortho nitro benzene ring substituents is 1. The Morgan fingerprint density at radius 3 is 2.44 bits per heavy atom. The molecular formula is C12H15NO4S. The van der Waals surface area contributed by atoms with Crippen LogP contribution in [0.1, 0.15) is 26.2 Å². The van der Waals surface area contributed by atoms with Crippen molar-refractivity contribution in [1.29, 1.82) is 0 Å². The van der Waals surface area contributed by atoms with Gasteiger partial charge in [0.1, 0.15) is 5.78 Å². The Morgan fingerprint density at radius 1 is 1.33 bits per heavy atom. The van der Waals surface area contributed by atoms with Crippen LogP contribution in [0.5, 0.6) is 0 Å². The number of nitrogens with zero attached hydrogens (tertiary/aromatic N) is 1. The Labute approximate surface area is 108 Å². The zero-order valence-electron chi connectivity index (χ0n) is 10.1. The van der Waals surface area contributed by atoms with Gasteiger partial charge in [-0.15, -0.1) is 0 Å². The summed E-state index contributed by atoms with van der Waals surface area (Å²) in [5, 5.41) is 10.5. The summed E-state index contributed by atoms with van der Waals surface area (Å²) in [6.45, 7) is 1.80. The molecule has 0 heterocycles. The van der Waals surface area contributed by atoms with Crippen LogP contribution in [0.25, 0.3) is 0 Å². The second kappa shape index (κ2) is 7.00. The van der Waals surface area contributed by atoms with Gasteiger partial charge in [-0.25, -0.2) is 0 Å². The second-order valence-corrected chi connectivity index (χ2v) is 5.37. The molecule has 1 rings (SSSR count). The summed E-state index contributed by atoms with van der Waals surface area (Å²) in [6.07, 6.45) is 1.52. The molecule has 0 radical (unpaired) electrons. The van der Waals surface area contributed by atoms with Gasteiger partial charge in [0.05, 0.1) is 15.7 Å². The fourth-order valence-corrected chi connectivity index (χ4v) is 2.50. The van der Waals surface area contributed by atoms with E-state index in [9.17, 15) is 19.1 Å². The van der Waals surface area contributed by atoms with Crippen LogP contribution in [0, 0.1) is 10.1 Å². The van der Waals surface area contributed by atoms with Crippen molar-refractivity contribution in [2.75, 3.05) is 5.75 Å². The average Bonchev–Trinajstić information content (AvgIpc) is 2.38. The highest BCUT2D eigenvalue weighted by Gasteiger charge is 2.08. The molecule has 0 bridgehead atoms. The van der Waals surface area contributed by atoms with Crippen molar-refractivity contribution < 1.29 is 13.9 Å². The number of carbonyl (C=O) groups is 1. The van der Waals surface area contributed by atoms with Crippen LogP contribution in [-0.4, -0.2) is 20.7 Å². The van der Waals surface area contributed by atoms with Crippen molar-refractivity contribution in [2.24, 2.45) is 0 Å². The predicted molar refractivity (Wildman–Crippen MR) is 68.9 cm³/mol. The lowest BCUT2D eigenvalue weighted by Gasteiger charge is -2.01. The maximum absolute atomic E-state index is 11.8. The van der Waals surface area contributed by atoms with Crippen LogP contribution in [0.4, 0.5) is 5.69 Å². The lowest BCUT2D eigenvalue weighted by atomic mass is 10.2. The quantitative estimate of drug-likeness (QED) is 0.562. The number of nitro groups is 1. The number of carbonyl (C=O) groups excluding carboxylic acids is 1. The van der Waals surface area contributed by atoms with E-state index in [2.05, 4.69) is 0 Å². The first-order chi connectivity index (χ1) is 8.54. The van der Waals surface area contributed by atoms with E-state index in [0.29, 0.717) is 29.9 Å². The third-order valence-electron chi connectivity index (χ3n) is 2.49. The topological polar surface area (TPSA) is 77.3 Å². The fourth-order valence-electron chi connectivity index (χ4n) is 1.41. The molecule has 0 aliphatic carbocycles. The van der Waals surface area contributed by atoms with E-state index in [4.69, 9.17) is 0 Å². The fraction of sp³-hybridized carbons (Fsp3) is 0.417. The Bertz CT molecular complexity index is 456. The zero-order valence-corrected chi connectivity index (χ0v) is 10.9. The van der Waals surface area contributed by atoms with E-state index in [-0.39, 0.29) is 11.5 Å². The summed E-state index contributed by atoms with van der Waals surface area (Å²) in [5.74, 6) is 0.569. The van der Waals surface area contributed by atoms with Crippen LogP contribution in [-0.2, 0) is 15.6 Å². The molecule has 18 heavy (non-hydrogen) atoms. The van der Waals surface area contributed by atoms with Gasteiger partial charge in [0.15, 0.2) is 0 Å². The lowest BCUT2D eigenvalue weighted by molar-refractivity contribution is -0.384. The summed E-state index contributed by atoms with van der Waals surface area (Å²) in [4.78, 5) is 21.6. The van der Waals surface area contributed by atoms with Crippen molar-refractivity contribution in [2.45, 2.75) is 31.1 Å². The molecule has 0 aromatic heterocycles. The van der Waals surface area contributed by atoms with Crippen molar-refractivity contribution in [3.63, 3.8) is 0 Å². The van der Waals surface area contributed by atoms with E-state index < -0.39 is 15.7 Å². The Balaban J connectivity index is 2.51. The van der Waals surface area contributed by atoms with Crippen molar-refractivity contribution in [3.05, 3.63) is 34.4 Å². The minimum absolute atomic E-state index is 0.0167. The maximum Gasteiger partial charge on any atom is 0.269 e. The highest BCUT2D eigenvalue weighted by Crippen LogP contribution is 2.15. The third-order valence-corrected chi connectivity index (χ3v) is 3.95. The number of hydrogen-bond acceptors (Lipinski definition) is 4. The molecule has 0 amide bonds. The summed E-state index contributed by atoms with van der Waals surface area (Å²) in [5.41, 5.74) is -0.0167.